The molecule has 0 bridgehead atoms. The maximum absolute atomic E-state index is 12.3. The van der Waals surface area contributed by atoms with Gasteiger partial charge in [-0.25, -0.2) is 0 Å². The summed E-state index contributed by atoms with van der Waals surface area (Å²) in [6.07, 6.45) is 3.00. The fraction of sp³-hybridized carbons (Fsp3) is 0.750. The van der Waals surface area contributed by atoms with Crippen LogP contribution in [0.15, 0.2) is 0 Å². The monoisotopic (exact) mass is 390 g/mol. The first-order valence-electron chi connectivity index (χ1n) is 8.48. The SMILES string of the molecule is CCC(C)C(N)C(=O)NC(CCSC)C(=O)NCC(=O)NC(C)C(=O)O. The van der Waals surface area contributed by atoms with Crippen molar-refractivity contribution in [3.8, 4) is 0 Å². The van der Waals surface area contributed by atoms with Crippen molar-refractivity contribution >= 4 is 35.5 Å². The highest BCUT2D eigenvalue weighted by molar-refractivity contribution is 7.98. The topological polar surface area (TPSA) is 151 Å². The Kier molecular flexibility index (Phi) is 11.7. The average molecular weight is 391 g/mol. The summed E-state index contributed by atoms with van der Waals surface area (Å²) >= 11 is 1.52. The highest BCUT2D eigenvalue weighted by Crippen LogP contribution is 2.07. The molecular weight excluding hydrogens is 360 g/mol. The van der Waals surface area contributed by atoms with Gasteiger partial charge in [0.2, 0.25) is 17.7 Å². The van der Waals surface area contributed by atoms with Crippen molar-refractivity contribution in [1.82, 2.24) is 16.0 Å². The molecule has 0 aliphatic rings. The Labute approximate surface area is 158 Å². The molecule has 0 saturated carbocycles. The summed E-state index contributed by atoms with van der Waals surface area (Å²) in [6.45, 7) is 4.72. The molecule has 0 radical (unpaired) electrons. The van der Waals surface area contributed by atoms with Crippen LogP contribution in [0, 0.1) is 5.92 Å². The number of carbonyl (C=O) groups excluding carboxylic acids is 3. The van der Waals surface area contributed by atoms with E-state index in [2.05, 4.69) is 16.0 Å². The zero-order chi connectivity index (χ0) is 20.3. The van der Waals surface area contributed by atoms with Crippen molar-refractivity contribution in [1.29, 1.82) is 0 Å². The van der Waals surface area contributed by atoms with Gasteiger partial charge >= 0.3 is 5.97 Å². The minimum absolute atomic E-state index is 0.0254. The van der Waals surface area contributed by atoms with Gasteiger partial charge < -0.3 is 26.8 Å². The van der Waals surface area contributed by atoms with Crippen LogP contribution in [0.3, 0.4) is 0 Å². The Morgan fingerprint density at radius 3 is 2.23 bits per heavy atom. The minimum Gasteiger partial charge on any atom is -0.480 e. The van der Waals surface area contributed by atoms with E-state index < -0.39 is 41.8 Å². The van der Waals surface area contributed by atoms with E-state index in [1.165, 1.54) is 18.7 Å². The fourth-order valence-electron chi connectivity index (χ4n) is 1.93. The van der Waals surface area contributed by atoms with Gasteiger partial charge in [-0.2, -0.15) is 11.8 Å². The fourth-order valence-corrected chi connectivity index (χ4v) is 2.40. The van der Waals surface area contributed by atoms with Gasteiger partial charge in [-0.05, 0) is 31.3 Å². The van der Waals surface area contributed by atoms with Crippen LogP contribution in [-0.4, -0.2) is 65.5 Å². The molecule has 0 aromatic heterocycles. The van der Waals surface area contributed by atoms with Gasteiger partial charge in [0.25, 0.3) is 0 Å². The third-order valence-corrected chi connectivity index (χ3v) is 4.62. The summed E-state index contributed by atoms with van der Waals surface area (Å²) in [5.41, 5.74) is 5.89. The first-order valence-corrected chi connectivity index (χ1v) is 9.88. The zero-order valence-electron chi connectivity index (χ0n) is 15.7. The van der Waals surface area contributed by atoms with Crippen LogP contribution < -0.4 is 21.7 Å². The molecule has 10 heteroatoms. The number of nitrogens with one attached hydrogen (secondary N) is 3. The predicted octanol–water partition coefficient (Wildman–Crippen LogP) is -0.697. The highest BCUT2D eigenvalue weighted by atomic mass is 32.2. The van der Waals surface area contributed by atoms with Crippen LogP contribution in [0.1, 0.15) is 33.6 Å². The Balaban J connectivity index is 4.70. The minimum atomic E-state index is -1.17. The van der Waals surface area contributed by atoms with Crippen molar-refractivity contribution in [3.05, 3.63) is 0 Å². The van der Waals surface area contributed by atoms with Crippen molar-refractivity contribution in [3.63, 3.8) is 0 Å². The molecule has 0 spiro atoms. The number of aliphatic carboxylic acids is 1. The third-order valence-electron chi connectivity index (χ3n) is 3.97. The average Bonchev–Trinajstić information content (AvgIpc) is 2.61. The van der Waals surface area contributed by atoms with E-state index >= 15 is 0 Å². The van der Waals surface area contributed by atoms with Crippen LogP contribution in [0.25, 0.3) is 0 Å². The van der Waals surface area contributed by atoms with Crippen molar-refractivity contribution in [2.75, 3.05) is 18.6 Å². The first-order chi connectivity index (χ1) is 12.1. The summed E-state index contributed by atoms with van der Waals surface area (Å²) in [6, 6.07) is -2.58. The molecule has 26 heavy (non-hydrogen) atoms. The van der Waals surface area contributed by atoms with Gasteiger partial charge in [0.05, 0.1) is 12.6 Å². The normalized spacial score (nSPS) is 15.3. The number of amides is 3. The molecule has 0 aliphatic heterocycles. The number of hydrogen-bond donors (Lipinski definition) is 5. The second-order valence-electron chi connectivity index (χ2n) is 6.10. The number of carboxylic acid groups (broad SMARTS) is 1. The summed E-state index contributed by atoms with van der Waals surface area (Å²) in [5, 5.41) is 16.0. The van der Waals surface area contributed by atoms with E-state index in [1.807, 2.05) is 20.1 Å². The van der Waals surface area contributed by atoms with Crippen molar-refractivity contribution < 1.29 is 24.3 Å². The van der Waals surface area contributed by atoms with Gasteiger partial charge in [-0.1, -0.05) is 20.3 Å². The molecule has 0 aliphatic carbocycles. The molecule has 0 aromatic carbocycles. The second-order valence-corrected chi connectivity index (χ2v) is 7.08. The molecule has 3 amide bonds. The molecule has 4 atom stereocenters. The van der Waals surface area contributed by atoms with Crippen LogP contribution in [-0.2, 0) is 19.2 Å². The van der Waals surface area contributed by atoms with E-state index in [-0.39, 0.29) is 12.5 Å². The quantitative estimate of drug-likeness (QED) is 0.296. The van der Waals surface area contributed by atoms with Crippen LogP contribution in [0.2, 0.25) is 0 Å². The van der Waals surface area contributed by atoms with Gasteiger partial charge in [-0.3, -0.25) is 19.2 Å². The molecule has 150 valence electrons. The number of carboxylic acids is 1. The van der Waals surface area contributed by atoms with E-state index in [9.17, 15) is 19.2 Å². The molecule has 4 unspecified atom stereocenters. The molecular formula is C16H30N4O5S. The molecule has 0 heterocycles. The lowest BCUT2D eigenvalue weighted by Gasteiger charge is -2.23. The Morgan fingerprint density at radius 2 is 1.73 bits per heavy atom. The Bertz CT molecular complexity index is 503. The van der Waals surface area contributed by atoms with E-state index in [1.54, 1.807) is 0 Å². The number of carbonyl (C=O) groups is 4. The summed E-state index contributed by atoms with van der Waals surface area (Å²) in [4.78, 5) is 46.9. The Hall–Kier alpha value is -1.81. The standard InChI is InChI=1S/C16H30N4O5S/c1-5-9(2)13(17)15(23)20-11(6-7-26-4)14(22)18-8-12(21)19-10(3)16(24)25/h9-11,13H,5-8,17H2,1-4H3,(H,18,22)(H,19,21)(H,20,23)(H,24,25). The van der Waals surface area contributed by atoms with E-state index in [0.717, 1.165) is 6.42 Å². The zero-order valence-corrected chi connectivity index (χ0v) is 16.5. The lowest BCUT2D eigenvalue weighted by Crippen LogP contribution is -2.54. The summed E-state index contributed by atoms with van der Waals surface area (Å²) in [5.74, 6) is -2.11. The number of rotatable bonds is 12. The van der Waals surface area contributed by atoms with Crippen LogP contribution >= 0.6 is 11.8 Å². The highest BCUT2D eigenvalue weighted by Gasteiger charge is 2.26. The molecule has 0 fully saturated rings. The maximum atomic E-state index is 12.3. The molecule has 0 rings (SSSR count). The largest absolute Gasteiger partial charge is 0.480 e. The Morgan fingerprint density at radius 1 is 1.12 bits per heavy atom. The van der Waals surface area contributed by atoms with Gasteiger partial charge in [-0.15, -0.1) is 0 Å². The van der Waals surface area contributed by atoms with Crippen LogP contribution in [0.4, 0.5) is 0 Å². The molecule has 0 saturated heterocycles. The smallest absolute Gasteiger partial charge is 0.325 e. The second kappa shape index (κ2) is 12.5. The van der Waals surface area contributed by atoms with Gasteiger partial charge in [0, 0.05) is 0 Å². The molecule has 9 nitrogen and oxygen atoms in total. The van der Waals surface area contributed by atoms with Crippen molar-refractivity contribution in [2.45, 2.75) is 51.7 Å². The van der Waals surface area contributed by atoms with Crippen LogP contribution in [0.5, 0.6) is 0 Å². The van der Waals surface area contributed by atoms with Crippen molar-refractivity contribution in [2.24, 2.45) is 11.7 Å². The first kappa shape index (κ1) is 24.2. The lowest BCUT2D eigenvalue weighted by molar-refractivity contribution is -0.141. The number of thioether (sulfide) groups is 1. The predicted molar refractivity (Wildman–Crippen MR) is 101 cm³/mol. The van der Waals surface area contributed by atoms with Gasteiger partial charge in [0.15, 0.2) is 0 Å². The van der Waals surface area contributed by atoms with E-state index in [0.29, 0.717) is 12.2 Å². The van der Waals surface area contributed by atoms with Gasteiger partial charge in [0.1, 0.15) is 12.1 Å². The molecule has 6 N–H and O–H groups in total. The maximum Gasteiger partial charge on any atom is 0.325 e. The number of nitrogens with two attached hydrogens (primary N) is 1. The number of hydrogen-bond acceptors (Lipinski definition) is 6. The molecule has 0 aromatic rings. The van der Waals surface area contributed by atoms with E-state index in [4.69, 9.17) is 10.8 Å². The third kappa shape index (κ3) is 9.04. The summed E-state index contributed by atoms with van der Waals surface area (Å²) in [7, 11) is 0. The summed E-state index contributed by atoms with van der Waals surface area (Å²) < 4.78 is 0. The lowest BCUT2D eigenvalue weighted by atomic mass is 9.99.